The maximum Gasteiger partial charge on any atom is 0.410 e. The van der Waals surface area contributed by atoms with E-state index in [4.69, 9.17) is 9.47 Å². The second-order valence-corrected chi connectivity index (χ2v) is 7.23. The zero-order valence-corrected chi connectivity index (χ0v) is 14.1. The third kappa shape index (κ3) is 3.54. The third-order valence-electron chi connectivity index (χ3n) is 4.44. The number of nitrogens with one attached hydrogen (secondary N) is 1. The molecule has 0 bridgehead atoms. The number of hydrogen-bond donors (Lipinski definition) is 1. The number of ether oxygens (including phenoxy) is 2. The molecule has 2 aliphatic rings. The standard InChI is InChI=1S/C16H28N2O4/c1-5-21-13(19)16-7-6-8-18(10-12(16)9-17-11-16)14(20)22-15(2,3)4/h12,17H,5-11H2,1-4H3. The molecule has 2 unspecified atom stereocenters. The van der Waals surface area contributed by atoms with Crippen LogP contribution in [0.4, 0.5) is 4.79 Å². The summed E-state index contributed by atoms with van der Waals surface area (Å²) in [5, 5.41) is 3.30. The molecule has 0 aromatic rings. The first-order valence-corrected chi connectivity index (χ1v) is 8.14. The van der Waals surface area contributed by atoms with Crippen molar-refractivity contribution < 1.29 is 19.1 Å². The van der Waals surface area contributed by atoms with Crippen molar-refractivity contribution in [3.8, 4) is 0 Å². The Hall–Kier alpha value is -1.30. The molecule has 0 aromatic heterocycles. The van der Waals surface area contributed by atoms with E-state index in [0.717, 1.165) is 19.4 Å². The summed E-state index contributed by atoms with van der Waals surface area (Å²) in [6.45, 7) is 10.4. The SMILES string of the molecule is CCOC(=O)C12CCCN(C(=O)OC(C)(C)C)CC1CNC2. The minimum atomic E-state index is -0.504. The summed E-state index contributed by atoms with van der Waals surface area (Å²) in [4.78, 5) is 26.5. The lowest BCUT2D eigenvalue weighted by molar-refractivity contribution is -0.157. The summed E-state index contributed by atoms with van der Waals surface area (Å²) in [5.74, 6) is -0.0439. The van der Waals surface area contributed by atoms with Gasteiger partial charge >= 0.3 is 12.1 Å². The average molecular weight is 312 g/mol. The second kappa shape index (κ2) is 6.44. The number of likely N-dealkylation sites (tertiary alicyclic amines) is 1. The molecule has 2 fully saturated rings. The highest BCUT2D eigenvalue weighted by molar-refractivity contribution is 5.78. The highest BCUT2D eigenvalue weighted by Gasteiger charge is 2.52. The molecular formula is C16H28N2O4. The lowest BCUT2D eigenvalue weighted by Gasteiger charge is -2.32. The lowest BCUT2D eigenvalue weighted by Crippen LogP contribution is -2.44. The Kier molecular flexibility index (Phi) is 5.00. The summed E-state index contributed by atoms with van der Waals surface area (Å²) < 4.78 is 10.8. The molecule has 2 rings (SSSR count). The number of amides is 1. The lowest BCUT2D eigenvalue weighted by atomic mass is 9.75. The van der Waals surface area contributed by atoms with Gasteiger partial charge in [-0.2, -0.15) is 0 Å². The van der Waals surface area contributed by atoms with Gasteiger partial charge in [0.15, 0.2) is 0 Å². The fourth-order valence-corrected chi connectivity index (χ4v) is 3.39. The van der Waals surface area contributed by atoms with E-state index in [1.807, 2.05) is 27.7 Å². The molecule has 0 spiro atoms. The van der Waals surface area contributed by atoms with E-state index in [9.17, 15) is 9.59 Å². The van der Waals surface area contributed by atoms with Crippen LogP contribution in [0.2, 0.25) is 0 Å². The fraction of sp³-hybridized carbons (Fsp3) is 0.875. The first kappa shape index (κ1) is 17.1. The van der Waals surface area contributed by atoms with Gasteiger partial charge < -0.3 is 19.7 Å². The van der Waals surface area contributed by atoms with E-state index >= 15 is 0 Å². The van der Waals surface area contributed by atoms with Crippen LogP contribution >= 0.6 is 0 Å². The van der Waals surface area contributed by atoms with Crippen LogP contribution in [0.25, 0.3) is 0 Å². The molecule has 2 atom stereocenters. The summed E-state index contributed by atoms with van der Waals surface area (Å²) >= 11 is 0. The van der Waals surface area contributed by atoms with E-state index < -0.39 is 11.0 Å². The first-order valence-electron chi connectivity index (χ1n) is 8.14. The predicted octanol–water partition coefficient (Wildman–Crippen LogP) is 1.79. The highest BCUT2D eigenvalue weighted by Crippen LogP contribution is 2.40. The summed E-state index contributed by atoms with van der Waals surface area (Å²) in [6.07, 6.45) is 1.25. The molecule has 1 amide bonds. The van der Waals surface area contributed by atoms with Crippen LogP contribution in [0.1, 0.15) is 40.5 Å². The Morgan fingerprint density at radius 1 is 1.36 bits per heavy atom. The van der Waals surface area contributed by atoms with E-state index in [1.54, 1.807) is 4.90 Å². The summed E-state index contributed by atoms with van der Waals surface area (Å²) in [7, 11) is 0. The van der Waals surface area contributed by atoms with Crippen molar-refractivity contribution in [2.45, 2.75) is 46.1 Å². The van der Waals surface area contributed by atoms with Crippen molar-refractivity contribution in [3.05, 3.63) is 0 Å². The van der Waals surface area contributed by atoms with Gasteiger partial charge in [-0.1, -0.05) is 0 Å². The molecule has 2 aliphatic heterocycles. The van der Waals surface area contributed by atoms with Crippen molar-refractivity contribution in [3.63, 3.8) is 0 Å². The molecule has 6 heteroatoms. The predicted molar refractivity (Wildman–Crippen MR) is 82.5 cm³/mol. The molecule has 0 aliphatic carbocycles. The topological polar surface area (TPSA) is 67.9 Å². The Bertz CT molecular complexity index is 432. The molecule has 6 nitrogen and oxygen atoms in total. The maximum atomic E-state index is 12.5. The van der Waals surface area contributed by atoms with E-state index in [2.05, 4.69) is 5.32 Å². The molecular weight excluding hydrogens is 284 g/mol. The molecule has 22 heavy (non-hydrogen) atoms. The van der Waals surface area contributed by atoms with Gasteiger partial charge in [0.1, 0.15) is 5.60 Å². The van der Waals surface area contributed by atoms with E-state index in [1.165, 1.54) is 0 Å². The highest BCUT2D eigenvalue weighted by atomic mass is 16.6. The van der Waals surface area contributed by atoms with Gasteiger partial charge in [0.25, 0.3) is 0 Å². The first-order chi connectivity index (χ1) is 10.3. The second-order valence-electron chi connectivity index (χ2n) is 7.23. The minimum absolute atomic E-state index is 0.0848. The monoisotopic (exact) mass is 312 g/mol. The van der Waals surface area contributed by atoms with Crippen molar-refractivity contribution in [1.29, 1.82) is 0 Å². The minimum Gasteiger partial charge on any atom is -0.466 e. The quantitative estimate of drug-likeness (QED) is 0.787. The molecule has 0 radical (unpaired) electrons. The Labute approximate surface area is 132 Å². The summed E-state index contributed by atoms with van der Waals surface area (Å²) in [5.41, 5.74) is -0.998. The van der Waals surface area contributed by atoms with Crippen LogP contribution in [0.3, 0.4) is 0 Å². The average Bonchev–Trinajstić information content (AvgIpc) is 2.71. The van der Waals surface area contributed by atoms with Crippen molar-refractivity contribution in [2.24, 2.45) is 11.3 Å². The van der Waals surface area contributed by atoms with Crippen molar-refractivity contribution in [2.75, 3.05) is 32.8 Å². The van der Waals surface area contributed by atoms with E-state index in [-0.39, 0.29) is 18.0 Å². The zero-order valence-electron chi connectivity index (χ0n) is 14.1. The van der Waals surface area contributed by atoms with Gasteiger partial charge in [-0.05, 0) is 40.5 Å². The van der Waals surface area contributed by atoms with Crippen LogP contribution in [-0.4, -0.2) is 55.3 Å². The Balaban J connectivity index is 2.11. The normalized spacial score (nSPS) is 28.7. The number of fused-ring (bicyclic) bond motifs is 1. The number of carbonyl (C=O) groups excluding carboxylic acids is 2. The number of esters is 1. The Morgan fingerprint density at radius 2 is 2.09 bits per heavy atom. The van der Waals surface area contributed by atoms with Gasteiger partial charge in [0.2, 0.25) is 0 Å². The number of rotatable bonds is 2. The largest absolute Gasteiger partial charge is 0.466 e. The molecule has 126 valence electrons. The van der Waals surface area contributed by atoms with Crippen LogP contribution in [0, 0.1) is 11.3 Å². The molecule has 1 N–H and O–H groups in total. The summed E-state index contributed by atoms with van der Waals surface area (Å²) in [6, 6.07) is 0. The number of carbonyl (C=O) groups is 2. The van der Waals surface area contributed by atoms with Crippen molar-refractivity contribution in [1.82, 2.24) is 10.2 Å². The third-order valence-corrected chi connectivity index (χ3v) is 4.44. The molecule has 2 heterocycles. The van der Waals surface area contributed by atoms with Gasteiger partial charge in [-0.15, -0.1) is 0 Å². The van der Waals surface area contributed by atoms with Gasteiger partial charge in [-0.3, -0.25) is 4.79 Å². The smallest absolute Gasteiger partial charge is 0.410 e. The van der Waals surface area contributed by atoms with Gasteiger partial charge in [0, 0.05) is 32.1 Å². The van der Waals surface area contributed by atoms with Crippen molar-refractivity contribution >= 4 is 12.1 Å². The Morgan fingerprint density at radius 3 is 2.73 bits per heavy atom. The van der Waals surface area contributed by atoms with Crippen LogP contribution in [0.15, 0.2) is 0 Å². The maximum absolute atomic E-state index is 12.5. The van der Waals surface area contributed by atoms with E-state index in [0.29, 0.717) is 26.2 Å². The fourth-order valence-electron chi connectivity index (χ4n) is 3.39. The van der Waals surface area contributed by atoms with Crippen LogP contribution < -0.4 is 5.32 Å². The van der Waals surface area contributed by atoms with Gasteiger partial charge in [0.05, 0.1) is 12.0 Å². The number of hydrogen-bond acceptors (Lipinski definition) is 5. The molecule has 2 saturated heterocycles. The number of nitrogens with zero attached hydrogens (tertiary/aromatic N) is 1. The van der Waals surface area contributed by atoms with Crippen LogP contribution in [-0.2, 0) is 14.3 Å². The molecule has 0 saturated carbocycles. The van der Waals surface area contributed by atoms with Crippen LogP contribution in [0.5, 0.6) is 0 Å². The zero-order chi connectivity index (χ0) is 16.4. The molecule has 0 aromatic carbocycles. The van der Waals surface area contributed by atoms with Gasteiger partial charge in [-0.25, -0.2) is 4.79 Å².